The highest BCUT2D eigenvalue weighted by molar-refractivity contribution is 5.95. The molecular weight excluding hydrogens is 390 g/mol. The standard InChI is InChI=1S/C24H31N5O2/c1-17(2)13-20(14-25)27-24(31)21-5-3-4-6-22(21)28-23(30)19-9-7-18(8-10-19)15-29-12-11-26-16-29/h7-12,16-17,20-22H,3-6,13,15H2,1-2H3,(H,27,31)(H,28,30)/t20-,21+,22-/m0/s1. The fourth-order valence-corrected chi connectivity index (χ4v) is 4.12. The maximum absolute atomic E-state index is 12.9. The van der Waals surface area contributed by atoms with Gasteiger partial charge < -0.3 is 15.2 Å². The number of rotatable bonds is 8. The lowest BCUT2D eigenvalue weighted by molar-refractivity contribution is -0.127. The van der Waals surface area contributed by atoms with Gasteiger partial charge in [0.2, 0.25) is 5.91 Å². The van der Waals surface area contributed by atoms with Gasteiger partial charge in [0.15, 0.2) is 0 Å². The lowest BCUT2D eigenvalue weighted by atomic mass is 9.83. The van der Waals surface area contributed by atoms with Crippen molar-refractivity contribution >= 4 is 11.8 Å². The Morgan fingerprint density at radius 1 is 1.23 bits per heavy atom. The number of amides is 2. The summed E-state index contributed by atoms with van der Waals surface area (Å²) in [6.45, 7) is 4.75. The Bertz CT molecular complexity index is 899. The number of aromatic nitrogens is 2. The number of imidazole rings is 1. The van der Waals surface area contributed by atoms with Gasteiger partial charge in [-0.2, -0.15) is 5.26 Å². The van der Waals surface area contributed by atoms with Crippen LogP contribution in [-0.4, -0.2) is 33.4 Å². The van der Waals surface area contributed by atoms with Crippen molar-refractivity contribution in [3.05, 3.63) is 54.1 Å². The molecule has 1 aliphatic rings. The normalized spacial score (nSPS) is 19.4. The molecule has 0 unspecified atom stereocenters. The van der Waals surface area contributed by atoms with E-state index in [1.807, 2.05) is 48.9 Å². The van der Waals surface area contributed by atoms with Crippen LogP contribution in [0.5, 0.6) is 0 Å². The largest absolute Gasteiger partial charge is 0.349 e. The molecular formula is C24H31N5O2. The molecule has 1 fully saturated rings. The molecule has 1 heterocycles. The molecule has 0 bridgehead atoms. The highest BCUT2D eigenvalue weighted by Crippen LogP contribution is 2.25. The number of nitrogens with zero attached hydrogens (tertiary/aromatic N) is 3. The van der Waals surface area contributed by atoms with Gasteiger partial charge in [-0.15, -0.1) is 0 Å². The van der Waals surface area contributed by atoms with Crippen LogP contribution in [-0.2, 0) is 11.3 Å². The molecule has 0 radical (unpaired) electrons. The summed E-state index contributed by atoms with van der Waals surface area (Å²) in [4.78, 5) is 29.7. The third-order valence-electron chi connectivity index (χ3n) is 5.74. The number of nitrogens with one attached hydrogen (secondary N) is 2. The first-order valence-electron chi connectivity index (χ1n) is 11.0. The summed E-state index contributed by atoms with van der Waals surface area (Å²) < 4.78 is 1.97. The molecule has 164 valence electrons. The van der Waals surface area contributed by atoms with Crippen molar-refractivity contribution < 1.29 is 9.59 Å². The van der Waals surface area contributed by atoms with Crippen molar-refractivity contribution in [2.45, 2.75) is 64.6 Å². The molecule has 31 heavy (non-hydrogen) atoms. The number of hydrogen-bond donors (Lipinski definition) is 2. The molecule has 1 aliphatic carbocycles. The molecule has 2 N–H and O–H groups in total. The lowest BCUT2D eigenvalue weighted by Gasteiger charge is -2.32. The van der Waals surface area contributed by atoms with Crippen LogP contribution < -0.4 is 10.6 Å². The Morgan fingerprint density at radius 3 is 2.61 bits per heavy atom. The third kappa shape index (κ3) is 6.42. The van der Waals surface area contributed by atoms with E-state index in [9.17, 15) is 14.9 Å². The second-order valence-electron chi connectivity index (χ2n) is 8.72. The summed E-state index contributed by atoms with van der Waals surface area (Å²) in [6, 6.07) is 8.97. The van der Waals surface area contributed by atoms with Gasteiger partial charge in [0.05, 0.1) is 18.3 Å². The van der Waals surface area contributed by atoms with E-state index in [-0.39, 0.29) is 23.8 Å². The van der Waals surface area contributed by atoms with E-state index in [0.717, 1.165) is 31.2 Å². The molecule has 3 rings (SSSR count). The van der Waals surface area contributed by atoms with Gasteiger partial charge in [0.25, 0.3) is 5.91 Å². The third-order valence-corrected chi connectivity index (χ3v) is 5.74. The molecule has 2 aromatic rings. The summed E-state index contributed by atoms with van der Waals surface area (Å²) >= 11 is 0. The lowest BCUT2D eigenvalue weighted by Crippen LogP contribution is -2.50. The maximum atomic E-state index is 12.9. The average Bonchev–Trinajstić information content (AvgIpc) is 3.26. The van der Waals surface area contributed by atoms with Gasteiger partial charge in [-0.25, -0.2) is 4.98 Å². The molecule has 1 aromatic heterocycles. The highest BCUT2D eigenvalue weighted by Gasteiger charge is 2.33. The molecule has 3 atom stereocenters. The van der Waals surface area contributed by atoms with Crippen molar-refractivity contribution in [3.8, 4) is 6.07 Å². The van der Waals surface area contributed by atoms with E-state index in [1.54, 1.807) is 12.5 Å². The van der Waals surface area contributed by atoms with Crippen LogP contribution in [0.3, 0.4) is 0 Å². The first-order chi connectivity index (χ1) is 15.0. The summed E-state index contributed by atoms with van der Waals surface area (Å²) in [5.41, 5.74) is 1.66. The van der Waals surface area contributed by atoms with Crippen molar-refractivity contribution in [1.82, 2.24) is 20.2 Å². The average molecular weight is 422 g/mol. The monoisotopic (exact) mass is 421 g/mol. The predicted molar refractivity (Wildman–Crippen MR) is 118 cm³/mol. The van der Waals surface area contributed by atoms with Crippen molar-refractivity contribution in [3.63, 3.8) is 0 Å². The van der Waals surface area contributed by atoms with Crippen LogP contribution >= 0.6 is 0 Å². The van der Waals surface area contributed by atoms with Crippen LogP contribution in [0.25, 0.3) is 0 Å². The minimum Gasteiger partial charge on any atom is -0.349 e. The second-order valence-corrected chi connectivity index (χ2v) is 8.72. The molecule has 2 amide bonds. The zero-order valence-electron chi connectivity index (χ0n) is 18.3. The van der Waals surface area contributed by atoms with E-state index in [4.69, 9.17) is 0 Å². The van der Waals surface area contributed by atoms with E-state index in [1.165, 1.54) is 0 Å². The second kappa shape index (κ2) is 10.8. The predicted octanol–water partition coefficient (Wildman–Crippen LogP) is 3.27. The minimum atomic E-state index is -0.492. The molecule has 1 aromatic carbocycles. The van der Waals surface area contributed by atoms with Crippen LogP contribution in [0.2, 0.25) is 0 Å². The number of benzene rings is 1. The van der Waals surface area contributed by atoms with Gasteiger partial charge in [0, 0.05) is 30.5 Å². The molecule has 0 spiro atoms. The van der Waals surface area contributed by atoms with Gasteiger partial charge >= 0.3 is 0 Å². The van der Waals surface area contributed by atoms with Gasteiger partial charge in [-0.1, -0.05) is 38.8 Å². The molecule has 7 nitrogen and oxygen atoms in total. The minimum absolute atomic E-state index is 0.132. The topological polar surface area (TPSA) is 99.8 Å². The van der Waals surface area contributed by atoms with Crippen LogP contribution in [0.4, 0.5) is 0 Å². The van der Waals surface area contributed by atoms with E-state index in [2.05, 4.69) is 21.7 Å². The zero-order valence-corrected chi connectivity index (χ0v) is 18.3. The Labute approximate surface area is 183 Å². The van der Waals surface area contributed by atoms with Crippen molar-refractivity contribution in [2.75, 3.05) is 0 Å². The highest BCUT2D eigenvalue weighted by atomic mass is 16.2. The number of nitriles is 1. The molecule has 1 saturated carbocycles. The summed E-state index contributed by atoms with van der Waals surface area (Å²) in [6.07, 6.45) is 9.43. The fourth-order valence-electron chi connectivity index (χ4n) is 4.12. The zero-order chi connectivity index (χ0) is 22.2. The van der Waals surface area contributed by atoms with E-state index < -0.39 is 6.04 Å². The number of hydrogen-bond acceptors (Lipinski definition) is 4. The van der Waals surface area contributed by atoms with Crippen molar-refractivity contribution in [2.24, 2.45) is 11.8 Å². The quantitative estimate of drug-likeness (QED) is 0.683. The molecule has 7 heteroatoms. The molecule has 0 aliphatic heterocycles. The van der Waals surface area contributed by atoms with Gasteiger partial charge in [0.1, 0.15) is 6.04 Å². The van der Waals surface area contributed by atoms with E-state index >= 15 is 0 Å². The Kier molecular flexibility index (Phi) is 7.82. The number of carbonyl (C=O) groups is 2. The summed E-state index contributed by atoms with van der Waals surface area (Å²) in [5, 5.41) is 15.3. The Morgan fingerprint density at radius 2 is 1.97 bits per heavy atom. The van der Waals surface area contributed by atoms with E-state index in [0.29, 0.717) is 24.4 Å². The van der Waals surface area contributed by atoms with Gasteiger partial charge in [-0.05, 0) is 42.9 Å². The summed E-state index contributed by atoms with van der Waals surface area (Å²) in [5.74, 6) is -0.282. The van der Waals surface area contributed by atoms with Crippen molar-refractivity contribution in [1.29, 1.82) is 5.26 Å². The first kappa shape index (κ1) is 22.5. The summed E-state index contributed by atoms with van der Waals surface area (Å²) in [7, 11) is 0. The van der Waals surface area contributed by atoms with Crippen LogP contribution in [0.15, 0.2) is 43.0 Å². The SMILES string of the molecule is CC(C)C[C@@H](C#N)NC(=O)[C@@H]1CCCC[C@@H]1NC(=O)c1ccc(Cn2ccnc2)cc1. The number of carbonyl (C=O) groups excluding carboxylic acids is 2. The van der Waals surface area contributed by atoms with Crippen LogP contribution in [0, 0.1) is 23.2 Å². The Balaban J connectivity index is 1.60. The first-order valence-corrected chi connectivity index (χ1v) is 11.0. The fraction of sp³-hybridized carbons (Fsp3) is 0.500. The van der Waals surface area contributed by atoms with Crippen LogP contribution in [0.1, 0.15) is 61.9 Å². The smallest absolute Gasteiger partial charge is 0.251 e. The molecule has 0 saturated heterocycles. The maximum Gasteiger partial charge on any atom is 0.251 e. The Hall–Kier alpha value is -3.14. The van der Waals surface area contributed by atoms with Gasteiger partial charge in [-0.3, -0.25) is 9.59 Å².